The maximum Gasteiger partial charge on any atom is 0.410 e. The quantitative estimate of drug-likeness (QED) is 0.250. The van der Waals surface area contributed by atoms with Crippen molar-refractivity contribution in [1.29, 1.82) is 0 Å². The Kier molecular flexibility index (Phi) is 7.70. The predicted molar refractivity (Wildman–Crippen MR) is 165 cm³/mol. The standard InChI is InChI=1S/C31H37Cl2N7O2/c1-20(38-9-11-39(12-10-38)29(41)42-30(2,3)4)21-7-8-34-25(13-21)15-28-36-26-6-5-22(14-27(26)37-28)23-17-35-40(18-23)19-24-16-31(24,32)33/h5-8,13-14,17-18,20,24H,9-12,15-16,19H2,1-4H3,(H,36,37)/t20?,24-/m0/s1. The molecule has 1 saturated heterocycles. The van der Waals surface area contributed by atoms with Crippen molar-refractivity contribution in [3.05, 3.63) is 66.0 Å². The van der Waals surface area contributed by atoms with E-state index in [9.17, 15) is 4.79 Å². The van der Waals surface area contributed by atoms with E-state index in [4.69, 9.17) is 32.9 Å². The molecule has 11 heteroatoms. The third-order valence-electron chi connectivity index (χ3n) is 8.05. The average molecular weight is 611 g/mol. The minimum atomic E-state index is -0.609. The highest BCUT2D eigenvalue weighted by molar-refractivity contribution is 6.50. The summed E-state index contributed by atoms with van der Waals surface area (Å²) < 4.78 is 6.85. The lowest BCUT2D eigenvalue weighted by molar-refractivity contribution is 0.0110. The summed E-state index contributed by atoms with van der Waals surface area (Å²) in [5.41, 5.74) is 5.68. The van der Waals surface area contributed by atoms with Gasteiger partial charge in [-0.15, -0.1) is 23.2 Å². The molecule has 222 valence electrons. The van der Waals surface area contributed by atoms with Gasteiger partial charge in [0.15, 0.2) is 0 Å². The number of ether oxygens (including phenoxy) is 1. The summed E-state index contributed by atoms with van der Waals surface area (Å²) in [5.74, 6) is 1.12. The first-order valence-corrected chi connectivity index (χ1v) is 15.3. The molecule has 1 aromatic carbocycles. The zero-order chi connectivity index (χ0) is 29.6. The fourth-order valence-corrected chi connectivity index (χ4v) is 6.00. The van der Waals surface area contributed by atoms with Gasteiger partial charge in [-0.3, -0.25) is 14.6 Å². The number of nitrogens with zero attached hydrogens (tertiary/aromatic N) is 6. The molecule has 6 rings (SSSR count). The van der Waals surface area contributed by atoms with E-state index >= 15 is 0 Å². The first-order chi connectivity index (χ1) is 19.9. The molecule has 2 fully saturated rings. The number of fused-ring (bicyclic) bond motifs is 1. The van der Waals surface area contributed by atoms with Crippen molar-refractivity contribution in [2.24, 2.45) is 5.92 Å². The van der Waals surface area contributed by atoms with Crippen molar-refractivity contribution in [2.45, 2.75) is 63.1 Å². The molecule has 0 bridgehead atoms. The molecule has 9 nitrogen and oxygen atoms in total. The molecule has 2 atom stereocenters. The van der Waals surface area contributed by atoms with Gasteiger partial charge in [-0.1, -0.05) is 6.07 Å². The van der Waals surface area contributed by atoms with Crippen LogP contribution < -0.4 is 0 Å². The van der Waals surface area contributed by atoms with E-state index in [2.05, 4.69) is 51.2 Å². The van der Waals surface area contributed by atoms with Gasteiger partial charge in [0.05, 0.1) is 17.2 Å². The molecule has 2 aliphatic rings. The number of benzene rings is 1. The van der Waals surface area contributed by atoms with Crippen molar-refractivity contribution in [3.63, 3.8) is 0 Å². The van der Waals surface area contributed by atoms with Crippen LogP contribution in [0.15, 0.2) is 48.9 Å². The number of carbonyl (C=O) groups excluding carboxylic acids is 1. The van der Waals surface area contributed by atoms with E-state index < -0.39 is 9.93 Å². The molecular formula is C31H37Cl2N7O2. The van der Waals surface area contributed by atoms with Crippen LogP contribution in [0.4, 0.5) is 4.79 Å². The Labute approximate surface area is 256 Å². The second-order valence-corrected chi connectivity index (χ2v) is 14.0. The SMILES string of the molecule is CC(c1ccnc(Cc2nc3ccc(-c4cnn(C[C@@H]5CC5(Cl)Cl)c4)cc3[nH]2)c1)N1CCN(C(=O)OC(C)(C)C)CC1. The van der Waals surface area contributed by atoms with E-state index in [0.29, 0.717) is 19.5 Å². The number of rotatable bonds is 7. The number of H-pyrrole nitrogens is 1. The van der Waals surface area contributed by atoms with Crippen LogP contribution in [0.5, 0.6) is 0 Å². The van der Waals surface area contributed by atoms with Gasteiger partial charge < -0.3 is 14.6 Å². The number of pyridine rings is 1. The summed E-state index contributed by atoms with van der Waals surface area (Å²) in [5, 5.41) is 4.50. The molecule has 1 unspecified atom stereocenters. The van der Waals surface area contributed by atoms with Crippen molar-refractivity contribution < 1.29 is 9.53 Å². The fraction of sp³-hybridized carbons (Fsp3) is 0.484. The molecule has 1 saturated carbocycles. The predicted octanol–water partition coefficient (Wildman–Crippen LogP) is 6.22. The minimum absolute atomic E-state index is 0.205. The Morgan fingerprint density at radius 1 is 1.14 bits per heavy atom. The molecule has 0 radical (unpaired) electrons. The Hall–Kier alpha value is -3.14. The number of amides is 1. The summed E-state index contributed by atoms with van der Waals surface area (Å²) in [6.45, 7) is 11.5. The van der Waals surface area contributed by atoms with E-state index in [1.807, 2.05) is 50.1 Å². The van der Waals surface area contributed by atoms with Gasteiger partial charge in [0.25, 0.3) is 0 Å². The van der Waals surface area contributed by atoms with Crippen LogP contribution in [-0.2, 0) is 17.7 Å². The van der Waals surface area contributed by atoms with Crippen LogP contribution in [0.25, 0.3) is 22.2 Å². The van der Waals surface area contributed by atoms with Crippen LogP contribution in [0.3, 0.4) is 0 Å². The molecule has 4 heterocycles. The van der Waals surface area contributed by atoms with Crippen molar-refractivity contribution >= 4 is 40.3 Å². The molecule has 1 N–H and O–H groups in total. The first-order valence-electron chi connectivity index (χ1n) is 14.5. The number of piperazine rings is 1. The van der Waals surface area contributed by atoms with Gasteiger partial charge in [0.2, 0.25) is 0 Å². The highest BCUT2D eigenvalue weighted by atomic mass is 35.5. The second kappa shape index (κ2) is 11.2. The average Bonchev–Trinajstić information content (AvgIpc) is 3.27. The summed E-state index contributed by atoms with van der Waals surface area (Å²) in [6, 6.07) is 10.7. The smallest absolute Gasteiger partial charge is 0.410 e. The number of halogens is 2. The lowest BCUT2D eigenvalue weighted by Gasteiger charge is -2.38. The molecule has 0 spiro atoms. The van der Waals surface area contributed by atoms with Crippen LogP contribution in [0.1, 0.15) is 57.2 Å². The number of imidazole rings is 1. The second-order valence-electron chi connectivity index (χ2n) is 12.5. The van der Waals surface area contributed by atoms with Crippen molar-refractivity contribution in [3.8, 4) is 11.1 Å². The normalized spacial score (nSPS) is 19.7. The van der Waals surface area contributed by atoms with Crippen LogP contribution in [0, 0.1) is 5.92 Å². The number of hydrogen-bond donors (Lipinski definition) is 1. The number of aromatic amines is 1. The van der Waals surface area contributed by atoms with E-state index in [1.54, 1.807) is 4.90 Å². The zero-order valence-corrected chi connectivity index (χ0v) is 26.0. The highest BCUT2D eigenvalue weighted by Gasteiger charge is 2.51. The number of hydrogen-bond acceptors (Lipinski definition) is 6. The third kappa shape index (κ3) is 6.58. The fourth-order valence-electron chi connectivity index (χ4n) is 5.49. The van der Waals surface area contributed by atoms with E-state index in [0.717, 1.165) is 59.7 Å². The van der Waals surface area contributed by atoms with Crippen LogP contribution in [-0.4, -0.2) is 76.7 Å². The Balaban J connectivity index is 1.09. The number of nitrogens with one attached hydrogen (secondary N) is 1. The lowest BCUT2D eigenvalue weighted by atomic mass is 10.1. The van der Waals surface area contributed by atoms with Gasteiger partial charge >= 0.3 is 6.09 Å². The topological polar surface area (TPSA) is 92.2 Å². The third-order valence-corrected chi connectivity index (χ3v) is 8.97. The van der Waals surface area contributed by atoms with Gasteiger partial charge in [-0.25, -0.2) is 9.78 Å². The van der Waals surface area contributed by atoms with Gasteiger partial charge in [0, 0.05) is 74.8 Å². The van der Waals surface area contributed by atoms with Crippen molar-refractivity contribution in [2.75, 3.05) is 26.2 Å². The summed E-state index contributed by atoms with van der Waals surface area (Å²) in [7, 11) is 0. The summed E-state index contributed by atoms with van der Waals surface area (Å²) in [6.07, 6.45) is 6.95. The Bertz CT molecular complexity index is 1580. The molecular weight excluding hydrogens is 573 g/mol. The minimum Gasteiger partial charge on any atom is -0.444 e. The number of carbonyl (C=O) groups is 1. The molecule has 1 aliphatic carbocycles. The van der Waals surface area contributed by atoms with Crippen LogP contribution >= 0.6 is 23.2 Å². The first kappa shape index (κ1) is 29.0. The Morgan fingerprint density at radius 3 is 2.62 bits per heavy atom. The zero-order valence-electron chi connectivity index (χ0n) is 24.5. The highest BCUT2D eigenvalue weighted by Crippen LogP contribution is 2.53. The summed E-state index contributed by atoms with van der Waals surface area (Å²) in [4.78, 5) is 29.6. The monoisotopic (exact) mass is 609 g/mol. The number of aromatic nitrogens is 5. The maximum absolute atomic E-state index is 12.4. The molecule has 42 heavy (non-hydrogen) atoms. The largest absolute Gasteiger partial charge is 0.444 e. The molecule has 3 aromatic heterocycles. The molecule has 1 aliphatic heterocycles. The lowest BCUT2D eigenvalue weighted by Crippen LogP contribution is -2.50. The summed E-state index contributed by atoms with van der Waals surface area (Å²) >= 11 is 12.4. The number of alkyl halides is 2. The van der Waals surface area contributed by atoms with Gasteiger partial charge in [0.1, 0.15) is 15.8 Å². The van der Waals surface area contributed by atoms with Gasteiger partial charge in [-0.2, -0.15) is 5.10 Å². The Morgan fingerprint density at radius 2 is 1.90 bits per heavy atom. The van der Waals surface area contributed by atoms with E-state index in [-0.39, 0.29) is 18.1 Å². The van der Waals surface area contributed by atoms with Crippen molar-refractivity contribution in [1.82, 2.24) is 34.5 Å². The molecule has 4 aromatic rings. The van der Waals surface area contributed by atoms with Crippen LogP contribution in [0.2, 0.25) is 0 Å². The maximum atomic E-state index is 12.4. The van der Waals surface area contributed by atoms with E-state index in [1.165, 1.54) is 5.56 Å². The van der Waals surface area contributed by atoms with Gasteiger partial charge in [-0.05, 0) is 69.5 Å². The molecule has 1 amide bonds.